The van der Waals surface area contributed by atoms with Crippen LogP contribution in [0.15, 0.2) is 65.6 Å². The number of ether oxygens (including phenoxy) is 1. The van der Waals surface area contributed by atoms with E-state index in [2.05, 4.69) is 35.8 Å². The van der Waals surface area contributed by atoms with E-state index in [1.54, 1.807) is 12.2 Å². The van der Waals surface area contributed by atoms with Crippen LogP contribution in [0, 0.1) is 0 Å². The Balaban J connectivity index is 1.42. The summed E-state index contributed by atoms with van der Waals surface area (Å²) < 4.78 is 44.8. The normalized spacial score (nSPS) is 13.4. The van der Waals surface area contributed by atoms with E-state index in [0.29, 0.717) is 41.0 Å². The maximum absolute atomic E-state index is 13.0. The summed E-state index contributed by atoms with van der Waals surface area (Å²) in [5.41, 5.74) is 6.02. The average molecular weight is 545 g/mol. The number of rotatable bonds is 9. The van der Waals surface area contributed by atoms with Gasteiger partial charge in [-0.2, -0.15) is 23.1 Å². The Labute approximate surface area is 219 Å². The van der Waals surface area contributed by atoms with Crippen LogP contribution in [0.1, 0.15) is 24.7 Å². The average Bonchev–Trinajstić information content (AvgIpc) is 3.18. The number of carbonyl (C=O) groups is 1. The number of alkyl halides is 3. The van der Waals surface area contributed by atoms with Crippen LogP contribution < -0.4 is 21.1 Å². The van der Waals surface area contributed by atoms with Gasteiger partial charge in [-0.15, -0.1) is 5.10 Å². The molecule has 0 radical (unpaired) electrons. The zero-order valence-corrected chi connectivity index (χ0v) is 20.9. The van der Waals surface area contributed by atoms with Gasteiger partial charge < -0.3 is 21.1 Å². The van der Waals surface area contributed by atoms with Crippen molar-refractivity contribution in [3.8, 4) is 5.88 Å². The topological polar surface area (TPSA) is 144 Å². The Morgan fingerprint density at radius 1 is 1.21 bits per heavy atom. The molecule has 0 fully saturated rings. The van der Waals surface area contributed by atoms with E-state index in [4.69, 9.17) is 10.5 Å². The van der Waals surface area contributed by atoms with Gasteiger partial charge >= 0.3 is 6.18 Å². The van der Waals surface area contributed by atoms with Crippen molar-refractivity contribution < 1.29 is 22.7 Å². The largest absolute Gasteiger partial charge is 0.443 e. The molecule has 4 rings (SSSR count). The number of hydrogen-bond acceptors (Lipinski definition) is 9. The summed E-state index contributed by atoms with van der Waals surface area (Å²) in [6.07, 6.45) is 3.20. The van der Waals surface area contributed by atoms with Gasteiger partial charge in [0.2, 0.25) is 17.7 Å². The molecule has 1 aliphatic rings. The molecule has 2 aromatic heterocycles. The van der Waals surface area contributed by atoms with Gasteiger partial charge in [-0.05, 0) is 30.4 Å². The molecule has 0 atom stereocenters. The standard InChI is InChI=1S/C24H23F3N8O2S/c1-14(36)29-10-11-38-23-31-19(28)13-20(32-23)37-18-7-2-4-15(8-9-18)21-33-22(35-34-21)30-17-6-3-5-16(12-17)24(25,26)27/h2-6,8-9,12-13H,7,10-11H2,1H3,(H,29,36)(H2,28,31,32)(H2,30,33,34,35). The Hall–Kier alpha value is -4.33. The number of carbonyl (C=O) groups excluding carboxylic acids is 1. The number of hydrogen-bond donors (Lipinski definition) is 4. The Bertz CT molecular complexity index is 1400. The number of thioether (sulfide) groups is 1. The second kappa shape index (κ2) is 11.8. The number of halogens is 3. The first kappa shape index (κ1) is 26.7. The second-order valence-electron chi connectivity index (χ2n) is 7.92. The van der Waals surface area contributed by atoms with Gasteiger partial charge in [-0.1, -0.05) is 30.0 Å². The number of nitrogen functional groups attached to an aromatic ring is 1. The summed E-state index contributed by atoms with van der Waals surface area (Å²) >= 11 is 1.34. The lowest BCUT2D eigenvalue weighted by Gasteiger charge is -2.09. The molecule has 3 aromatic rings. The van der Waals surface area contributed by atoms with Crippen LogP contribution in [-0.4, -0.2) is 43.4 Å². The van der Waals surface area contributed by atoms with Crippen molar-refractivity contribution in [2.45, 2.75) is 24.7 Å². The molecule has 0 aliphatic heterocycles. The fourth-order valence-electron chi connectivity index (χ4n) is 3.23. The predicted octanol–water partition coefficient (Wildman–Crippen LogP) is 4.47. The minimum atomic E-state index is -4.45. The molecule has 1 amide bonds. The van der Waals surface area contributed by atoms with Crippen LogP contribution in [0.3, 0.4) is 0 Å². The van der Waals surface area contributed by atoms with E-state index >= 15 is 0 Å². The molecule has 1 aromatic carbocycles. The number of allylic oxidation sites excluding steroid dienone is 5. The Morgan fingerprint density at radius 3 is 2.84 bits per heavy atom. The van der Waals surface area contributed by atoms with Crippen molar-refractivity contribution in [2.24, 2.45) is 0 Å². The molecule has 38 heavy (non-hydrogen) atoms. The van der Waals surface area contributed by atoms with Crippen molar-refractivity contribution in [1.29, 1.82) is 0 Å². The van der Waals surface area contributed by atoms with E-state index in [-0.39, 0.29) is 29.2 Å². The fourth-order valence-corrected chi connectivity index (χ4v) is 3.94. The third kappa shape index (κ3) is 7.59. The van der Waals surface area contributed by atoms with Crippen molar-refractivity contribution >= 4 is 40.7 Å². The predicted molar refractivity (Wildman–Crippen MR) is 137 cm³/mol. The molecular formula is C24H23F3N8O2S. The Kier molecular flexibility index (Phi) is 8.31. The number of amides is 1. The number of nitrogens with two attached hydrogens (primary N) is 1. The number of nitrogens with one attached hydrogen (secondary N) is 3. The van der Waals surface area contributed by atoms with Gasteiger partial charge in [-0.25, -0.2) is 4.98 Å². The van der Waals surface area contributed by atoms with E-state index in [1.807, 2.05) is 12.2 Å². The van der Waals surface area contributed by atoms with Crippen LogP contribution in [0.25, 0.3) is 5.57 Å². The van der Waals surface area contributed by atoms with Crippen LogP contribution in [0.2, 0.25) is 0 Å². The lowest BCUT2D eigenvalue weighted by atomic mass is 10.2. The summed E-state index contributed by atoms with van der Waals surface area (Å²) in [4.78, 5) is 23.8. The highest BCUT2D eigenvalue weighted by molar-refractivity contribution is 7.99. The lowest BCUT2D eigenvalue weighted by molar-refractivity contribution is -0.137. The first-order valence-corrected chi connectivity index (χ1v) is 12.3. The molecular weight excluding hydrogens is 521 g/mol. The molecule has 1 aliphatic carbocycles. The molecule has 0 bridgehead atoms. The number of benzene rings is 1. The molecule has 0 saturated carbocycles. The summed E-state index contributed by atoms with van der Waals surface area (Å²) in [5.74, 6) is 2.11. The fraction of sp³-hybridized carbons (Fsp3) is 0.208. The SMILES string of the molecule is CC(=O)NCCSc1nc(N)cc(OC2=CC=C(c3nc(Nc4cccc(C(F)(F)F)c4)n[nH]3)C=CC2)n1. The highest BCUT2D eigenvalue weighted by Crippen LogP contribution is 2.31. The minimum Gasteiger partial charge on any atom is -0.443 e. The third-order valence-electron chi connectivity index (χ3n) is 4.91. The molecule has 2 heterocycles. The monoisotopic (exact) mass is 544 g/mol. The van der Waals surface area contributed by atoms with Gasteiger partial charge in [0.15, 0.2) is 11.0 Å². The minimum absolute atomic E-state index is 0.113. The van der Waals surface area contributed by atoms with Gasteiger partial charge in [0.05, 0.1) is 5.56 Å². The zero-order valence-electron chi connectivity index (χ0n) is 20.0. The zero-order chi connectivity index (χ0) is 27.1. The molecule has 0 saturated heterocycles. The highest BCUT2D eigenvalue weighted by atomic mass is 32.2. The smallest absolute Gasteiger partial charge is 0.416 e. The summed E-state index contributed by atoms with van der Waals surface area (Å²) in [6, 6.07) is 6.29. The van der Waals surface area contributed by atoms with Crippen LogP contribution in [0.4, 0.5) is 30.6 Å². The maximum atomic E-state index is 13.0. The number of aromatic nitrogens is 5. The van der Waals surface area contributed by atoms with Crippen molar-refractivity contribution in [1.82, 2.24) is 30.5 Å². The van der Waals surface area contributed by atoms with Gasteiger partial charge in [0, 0.05) is 43.0 Å². The van der Waals surface area contributed by atoms with Crippen molar-refractivity contribution in [2.75, 3.05) is 23.3 Å². The van der Waals surface area contributed by atoms with E-state index < -0.39 is 11.7 Å². The highest BCUT2D eigenvalue weighted by Gasteiger charge is 2.30. The van der Waals surface area contributed by atoms with E-state index in [1.165, 1.54) is 36.9 Å². The van der Waals surface area contributed by atoms with E-state index in [0.717, 1.165) is 12.1 Å². The number of nitrogens with zero attached hydrogens (tertiary/aromatic N) is 4. The molecule has 10 nitrogen and oxygen atoms in total. The first-order valence-electron chi connectivity index (χ1n) is 11.3. The van der Waals surface area contributed by atoms with Crippen LogP contribution >= 0.6 is 11.8 Å². The van der Waals surface area contributed by atoms with Crippen molar-refractivity contribution in [3.63, 3.8) is 0 Å². The number of aromatic amines is 1. The second-order valence-corrected chi connectivity index (χ2v) is 8.98. The third-order valence-corrected chi connectivity index (χ3v) is 5.76. The molecule has 5 N–H and O–H groups in total. The summed E-state index contributed by atoms with van der Waals surface area (Å²) in [5, 5.41) is 12.7. The molecule has 198 valence electrons. The summed E-state index contributed by atoms with van der Waals surface area (Å²) in [6.45, 7) is 1.91. The van der Waals surface area contributed by atoms with Gasteiger partial charge in [0.25, 0.3) is 0 Å². The number of anilines is 3. The van der Waals surface area contributed by atoms with E-state index in [9.17, 15) is 18.0 Å². The first-order chi connectivity index (χ1) is 18.2. The van der Waals surface area contributed by atoms with Gasteiger partial charge in [0.1, 0.15) is 11.6 Å². The van der Waals surface area contributed by atoms with Gasteiger partial charge in [-0.3, -0.25) is 9.89 Å². The molecule has 0 unspecified atom stereocenters. The van der Waals surface area contributed by atoms with Crippen molar-refractivity contribution in [3.05, 3.63) is 71.8 Å². The molecule has 14 heteroatoms. The number of H-pyrrole nitrogens is 1. The quantitative estimate of drug-likeness (QED) is 0.174. The van der Waals surface area contributed by atoms with Crippen LogP contribution in [-0.2, 0) is 11.0 Å². The molecule has 0 spiro atoms. The lowest BCUT2D eigenvalue weighted by Crippen LogP contribution is -2.22. The van der Waals surface area contributed by atoms with Crippen LogP contribution in [0.5, 0.6) is 5.88 Å². The maximum Gasteiger partial charge on any atom is 0.416 e. The summed E-state index contributed by atoms with van der Waals surface area (Å²) in [7, 11) is 0. The Morgan fingerprint density at radius 2 is 2.05 bits per heavy atom.